The number of nitrogens with two attached hydrogens (primary N) is 1. The van der Waals surface area contributed by atoms with Crippen molar-refractivity contribution >= 4 is 22.8 Å². The lowest BCUT2D eigenvalue weighted by Gasteiger charge is -2.27. The van der Waals surface area contributed by atoms with E-state index in [1.807, 2.05) is 0 Å². The smallest absolute Gasteiger partial charge is 0.241 e. The number of nitrogens with zero attached hydrogens (tertiary/aromatic N) is 4. The van der Waals surface area contributed by atoms with Gasteiger partial charge in [0.25, 0.3) is 0 Å². The predicted octanol–water partition coefficient (Wildman–Crippen LogP) is 1.65. The molecule has 3 heterocycles. The number of nitrogen functional groups attached to an aromatic ring is 1. The molecular weight excluding hydrogens is 254 g/mol. The number of H-pyrrole nitrogens is 1. The van der Waals surface area contributed by atoms with Crippen molar-refractivity contribution in [3.63, 3.8) is 0 Å². The van der Waals surface area contributed by atoms with Crippen LogP contribution in [0.1, 0.15) is 33.1 Å². The Morgan fingerprint density at radius 3 is 2.85 bits per heavy atom. The van der Waals surface area contributed by atoms with E-state index in [4.69, 9.17) is 5.84 Å². The summed E-state index contributed by atoms with van der Waals surface area (Å²) in [4.78, 5) is 11.1. The van der Waals surface area contributed by atoms with E-state index in [0.29, 0.717) is 17.0 Å². The molecule has 0 bridgehead atoms. The maximum atomic E-state index is 5.45. The number of aromatic nitrogens is 4. The summed E-state index contributed by atoms with van der Waals surface area (Å²) in [6.07, 6.45) is 5.38. The average molecular weight is 275 g/mol. The Morgan fingerprint density at radius 1 is 1.40 bits per heavy atom. The average Bonchev–Trinajstić information content (AvgIpc) is 3.13. The van der Waals surface area contributed by atoms with Crippen molar-refractivity contribution in [2.45, 2.75) is 33.1 Å². The van der Waals surface area contributed by atoms with Crippen LogP contribution in [0.3, 0.4) is 0 Å². The highest BCUT2D eigenvalue weighted by molar-refractivity contribution is 5.87. The molecule has 1 fully saturated rings. The van der Waals surface area contributed by atoms with Gasteiger partial charge in [-0.05, 0) is 24.7 Å². The van der Waals surface area contributed by atoms with Crippen LogP contribution >= 0.6 is 0 Å². The van der Waals surface area contributed by atoms with Crippen molar-refractivity contribution in [1.82, 2.24) is 20.2 Å². The minimum atomic E-state index is 0.400. The number of anilines is 2. The maximum absolute atomic E-state index is 5.45. The Balaban J connectivity index is 2.00. The van der Waals surface area contributed by atoms with Gasteiger partial charge in [0.2, 0.25) is 5.95 Å². The Hall–Kier alpha value is -1.89. The number of rotatable bonds is 4. The Kier molecular flexibility index (Phi) is 3.21. The van der Waals surface area contributed by atoms with Gasteiger partial charge in [0.1, 0.15) is 5.82 Å². The second-order valence-corrected chi connectivity index (χ2v) is 5.53. The number of fused-ring (bicyclic) bond motifs is 1. The van der Waals surface area contributed by atoms with Crippen LogP contribution in [-0.4, -0.2) is 33.3 Å². The van der Waals surface area contributed by atoms with Gasteiger partial charge in [-0.25, -0.2) is 5.84 Å². The van der Waals surface area contributed by atoms with Crippen LogP contribution in [0, 0.1) is 5.41 Å². The van der Waals surface area contributed by atoms with E-state index in [0.717, 1.165) is 24.3 Å². The quantitative estimate of drug-likeness (QED) is 0.580. The molecule has 0 atom stereocenters. The van der Waals surface area contributed by atoms with E-state index in [2.05, 4.69) is 44.3 Å². The first-order valence-corrected chi connectivity index (χ1v) is 7.14. The summed E-state index contributed by atoms with van der Waals surface area (Å²) in [5.41, 5.74) is 3.64. The largest absolute Gasteiger partial charge is 0.355 e. The minimum absolute atomic E-state index is 0.400. The number of hydrogen-bond donors (Lipinski definition) is 3. The third-order valence-corrected chi connectivity index (χ3v) is 4.66. The van der Waals surface area contributed by atoms with Crippen LogP contribution in [0.4, 0.5) is 11.8 Å². The van der Waals surface area contributed by atoms with E-state index in [1.165, 1.54) is 19.3 Å². The van der Waals surface area contributed by atoms with Gasteiger partial charge >= 0.3 is 0 Å². The number of aromatic amines is 1. The van der Waals surface area contributed by atoms with Gasteiger partial charge in [0, 0.05) is 13.1 Å². The van der Waals surface area contributed by atoms with Crippen molar-refractivity contribution in [1.29, 1.82) is 0 Å². The molecule has 108 valence electrons. The van der Waals surface area contributed by atoms with Crippen molar-refractivity contribution in [3.8, 4) is 0 Å². The molecule has 0 radical (unpaired) electrons. The molecule has 3 rings (SSSR count). The summed E-state index contributed by atoms with van der Waals surface area (Å²) < 4.78 is 0. The van der Waals surface area contributed by atoms with Crippen molar-refractivity contribution in [2.24, 2.45) is 11.3 Å². The molecule has 2 aromatic heterocycles. The lowest BCUT2D eigenvalue weighted by molar-refractivity contribution is 0.301. The van der Waals surface area contributed by atoms with Gasteiger partial charge in [-0.15, -0.1) is 0 Å². The molecule has 0 spiro atoms. The highest BCUT2D eigenvalue weighted by atomic mass is 15.3. The molecule has 7 heteroatoms. The molecule has 2 aromatic rings. The fourth-order valence-electron chi connectivity index (χ4n) is 3.07. The summed E-state index contributed by atoms with van der Waals surface area (Å²) in [5, 5.41) is 7.90. The molecule has 1 aliphatic rings. The lowest BCUT2D eigenvalue weighted by Crippen LogP contribution is -2.27. The first-order valence-electron chi connectivity index (χ1n) is 7.14. The number of hydrogen-bond acceptors (Lipinski definition) is 6. The number of nitrogens with one attached hydrogen (secondary N) is 2. The first kappa shape index (κ1) is 13.1. The fraction of sp³-hybridized carbons (Fsp3) is 0.615. The molecule has 1 saturated heterocycles. The Morgan fingerprint density at radius 2 is 2.20 bits per heavy atom. The van der Waals surface area contributed by atoms with Crippen molar-refractivity contribution in [3.05, 3.63) is 6.20 Å². The molecule has 1 aliphatic heterocycles. The topological polar surface area (TPSA) is 95.8 Å². The van der Waals surface area contributed by atoms with Gasteiger partial charge in [-0.2, -0.15) is 15.1 Å². The zero-order valence-corrected chi connectivity index (χ0v) is 12.0. The van der Waals surface area contributed by atoms with Gasteiger partial charge in [-0.3, -0.25) is 10.5 Å². The summed E-state index contributed by atoms with van der Waals surface area (Å²) in [6.45, 7) is 6.59. The molecule has 0 aliphatic carbocycles. The van der Waals surface area contributed by atoms with Gasteiger partial charge in [-0.1, -0.05) is 13.8 Å². The summed E-state index contributed by atoms with van der Waals surface area (Å²) in [5.74, 6) is 6.79. The van der Waals surface area contributed by atoms with E-state index >= 15 is 0 Å². The van der Waals surface area contributed by atoms with E-state index < -0.39 is 0 Å². The lowest BCUT2D eigenvalue weighted by atomic mass is 9.82. The second-order valence-electron chi connectivity index (χ2n) is 5.53. The molecule has 0 aromatic carbocycles. The Bertz CT molecular complexity index is 602. The third-order valence-electron chi connectivity index (χ3n) is 4.66. The van der Waals surface area contributed by atoms with Gasteiger partial charge in [0.05, 0.1) is 11.6 Å². The molecule has 7 nitrogen and oxygen atoms in total. The van der Waals surface area contributed by atoms with Gasteiger partial charge < -0.3 is 4.90 Å². The molecule has 0 amide bonds. The molecule has 20 heavy (non-hydrogen) atoms. The number of hydrazine groups is 1. The van der Waals surface area contributed by atoms with Crippen molar-refractivity contribution in [2.75, 3.05) is 23.4 Å². The monoisotopic (exact) mass is 275 g/mol. The third kappa shape index (κ3) is 1.98. The zero-order valence-electron chi connectivity index (χ0n) is 12.0. The van der Waals surface area contributed by atoms with Crippen molar-refractivity contribution < 1.29 is 0 Å². The van der Waals surface area contributed by atoms with E-state index in [9.17, 15) is 0 Å². The van der Waals surface area contributed by atoms with Crippen LogP contribution < -0.4 is 16.2 Å². The second kappa shape index (κ2) is 4.90. The predicted molar refractivity (Wildman–Crippen MR) is 79.3 cm³/mol. The molecular formula is C13H21N7. The van der Waals surface area contributed by atoms with E-state index in [-0.39, 0.29) is 0 Å². The normalized spacial score (nSPS) is 17.9. The van der Waals surface area contributed by atoms with Crippen LogP contribution in [0.15, 0.2) is 6.20 Å². The zero-order chi connectivity index (χ0) is 14.2. The minimum Gasteiger partial charge on any atom is -0.355 e. The fourth-order valence-corrected chi connectivity index (χ4v) is 3.07. The van der Waals surface area contributed by atoms with Crippen LogP contribution in [0.5, 0.6) is 0 Å². The van der Waals surface area contributed by atoms with Gasteiger partial charge in [0.15, 0.2) is 5.65 Å². The standard InChI is InChI=1S/C13H21N7/c1-3-13(4-2)5-6-20(8-13)11-9-7-15-19-10(9)16-12(17-11)18-14/h7H,3-6,8,14H2,1-2H3,(H2,15,16,17,18,19). The highest BCUT2D eigenvalue weighted by Gasteiger charge is 2.36. The molecule has 0 unspecified atom stereocenters. The highest BCUT2D eigenvalue weighted by Crippen LogP contribution is 2.39. The summed E-state index contributed by atoms with van der Waals surface area (Å²) in [7, 11) is 0. The van der Waals surface area contributed by atoms with Crippen LogP contribution in [-0.2, 0) is 0 Å². The maximum Gasteiger partial charge on any atom is 0.241 e. The first-order chi connectivity index (χ1) is 9.71. The molecule has 0 saturated carbocycles. The van der Waals surface area contributed by atoms with Crippen LogP contribution in [0.2, 0.25) is 0 Å². The SMILES string of the molecule is CCC1(CC)CCN(c2nc(NN)nc3[nH]ncc23)C1. The summed E-state index contributed by atoms with van der Waals surface area (Å²) >= 11 is 0. The van der Waals surface area contributed by atoms with Crippen LogP contribution in [0.25, 0.3) is 11.0 Å². The Labute approximate surface area is 117 Å². The van der Waals surface area contributed by atoms with E-state index in [1.54, 1.807) is 6.20 Å². The molecule has 4 N–H and O–H groups in total. The summed E-state index contributed by atoms with van der Waals surface area (Å²) in [6, 6.07) is 0.